The van der Waals surface area contributed by atoms with E-state index in [2.05, 4.69) is 0 Å². The van der Waals surface area contributed by atoms with Gasteiger partial charge in [-0.15, -0.1) is 0 Å². The molecule has 0 bridgehead atoms. The first-order chi connectivity index (χ1) is 13.8. The van der Waals surface area contributed by atoms with Crippen LogP contribution in [0.15, 0.2) is 36.4 Å². The van der Waals surface area contributed by atoms with Gasteiger partial charge in [-0.05, 0) is 35.4 Å². The van der Waals surface area contributed by atoms with Crippen LogP contribution in [0.5, 0.6) is 0 Å². The first-order valence-electron chi connectivity index (χ1n) is 8.37. The third-order valence-corrected chi connectivity index (χ3v) is 4.76. The summed E-state index contributed by atoms with van der Waals surface area (Å²) in [6.45, 7) is 0.455. The van der Waals surface area contributed by atoms with Crippen molar-refractivity contribution < 1.29 is 36.6 Å². The van der Waals surface area contributed by atoms with Gasteiger partial charge in [-0.1, -0.05) is 19.1 Å². The zero-order valence-corrected chi connectivity index (χ0v) is 15.3. The Morgan fingerprint density at radius 1 is 0.833 bits per heavy atom. The summed E-state index contributed by atoms with van der Waals surface area (Å²) in [4.78, 5) is 0. The van der Waals surface area contributed by atoms with Gasteiger partial charge in [0.05, 0.1) is 34.4 Å². The molecule has 10 heteroatoms. The molecule has 0 aliphatic carbocycles. The summed E-state index contributed by atoms with van der Waals surface area (Å²) in [5, 5.41) is 38.7. The number of aliphatic hydroxyl groups excluding tert-OH is 1. The smallest absolute Gasteiger partial charge is 0.396 e. The summed E-state index contributed by atoms with van der Waals surface area (Å²) in [7, 11) is 0. The van der Waals surface area contributed by atoms with E-state index in [0.717, 1.165) is 24.3 Å². The second kappa shape index (κ2) is 7.98. The summed E-state index contributed by atoms with van der Waals surface area (Å²) in [6, 6.07) is 7.22. The fourth-order valence-electron chi connectivity index (χ4n) is 3.09. The number of benzene rings is 2. The average Bonchev–Trinajstić information content (AvgIpc) is 2.70. The first-order valence-corrected chi connectivity index (χ1v) is 8.37. The summed E-state index contributed by atoms with van der Waals surface area (Å²) in [5.41, 5.74) is -7.63. The van der Waals surface area contributed by atoms with Crippen molar-refractivity contribution in [1.29, 1.82) is 10.5 Å². The molecule has 1 unspecified atom stereocenters. The summed E-state index contributed by atoms with van der Waals surface area (Å²) in [6.07, 6.45) is -9.93. The Kier molecular flexibility index (Phi) is 6.17. The van der Waals surface area contributed by atoms with Crippen LogP contribution >= 0.6 is 0 Å². The van der Waals surface area contributed by atoms with Crippen molar-refractivity contribution >= 4 is 0 Å². The highest BCUT2D eigenvalue weighted by Gasteiger charge is 2.43. The van der Waals surface area contributed by atoms with E-state index in [4.69, 9.17) is 10.5 Å². The highest BCUT2D eigenvalue weighted by atomic mass is 19.4. The molecule has 158 valence electrons. The number of aliphatic hydroxyl groups is 2. The molecule has 0 aromatic heterocycles. The van der Waals surface area contributed by atoms with Crippen LogP contribution in [-0.2, 0) is 18.0 Å². The van der Waals surface area contributed by atoms with Gasteiger partial charge in [-0.25, -0.2) is 0 Å². The van der Waals surface area contributed by atoms with E-state index < -0.39 is 63.9 Å². The molecule has 0 spiro atoms. The predicted octanol–water partition coefficient (Wildman–Crippen LogP) is 4.33. The Morgan fingerprint density at radius 2 is 1.20 bits per heavy atom. The minimum atomic E-state index is -4.97. The molecule has 2 N–H and O–H groups in total. The van der Waals surface area contributed by atoms with Crippen molar-refractivity contribution in [1.82, 2.24) is 0 Å². The van der Waals surface area contributed by atoms with Crippen LogP contribution in [0.25, 0.3) is 0 Å². The molecule has 2 rings (SSSR count). The third-order valence-electron chi connectivity index (χ3n) is 4.76. The molecule has 0 aliphatic rings. The molecule has 0 amide bonds. The van der Waals surface area contributed by atoms with E-state index in [9.17, 15) is 36.6 Å². The number of nitriles is 2. The maximum atomic E-state index is 13.3. The lowest BCUT2D eigenvalue weighted by atomic mass is 9.75. The second-order valence-corrected chi connectivity index (χ2v) is 6.59. The zero-order chi connectivity index (χ0) is 22.9. The maximum Gasteiger partial charge on any atom is 0.417 e. The molecule has 1 atom stereocenters. The molecule has 0 saturated carbocycles. The van der Waals surface area contributed by atoms with E-state index in [1.807, 2.05) is 0 Å². The van der Waals surface area contributed by atoms with Crippen LogP contribution < -0.4 is 0 Å². The molecular weight excluding hydrogens is 414 g/mol. The lowest BCUT2D eigenvalue weighted by molar-refractivity contribution is -0.138. The number of hydrogen-bond acceptors (Lipinski definition) is 4. The van der Waals surface area contributed by atoms with Crippen molar-refractivity contribution in [3.05, 3.63) is 69.8 Å². The van der Waals surface area contributed by atoms with E-state index >= 15 is 0 Å². The molecule has 2 aromatic rings. The maximum absolute atomic E-state index is 13.3. The number of halogens is 6. The predicted molar refractivity (Wildman–Crippen MR) is 91.6 cm³/mol. The molecule has 0 saturated heterocycles. The zero-order valence-electron chi connectivity index (χ0n) is 15.3. The quantitative estimate of drug-likeness (QED) is 0.710. The fourth-order valence-corrected chi connectivity index (χ4v) is 3.09. The number of rotatable bonds is 4. The number of alkyl halides is 6. The summed E-state index contributed by atoms with van der Waals surface area (Å²) < 4.78 is 80.0. The van der Waals surface area contributed by atoms with Crippen molar-refractivity contribution in [2.45, 2.75) is 24.9 Å². The summed E-state index contributed by atoms with van der Waals surface area (Å²) in [5.74, 6) is -1.24. The third kappa shape index (κ3) is 4.11. The molecule has 0 aliphatic heterocycles. The van der Waals surface area contributed by atoms with Crippen LogP contribution in [0.2, 0.25) is 0 Å². The van der Waals surface area contributed by atoms with Gasteiger partial charge in [-0.3, -0.25) is 0 Å². The lowest BCUT2D eigenvalue weighted by Gasteiger charge is -2.35. The van der Waals surface area contributed by atoms with Gasteiger partial charge in [0.15, 0.2) is 0 Å². The topological polar surface area (TPSA) is 88.0 Å². The Hall–Kier alpha value is -3.08. The van der Waals surface area contributed by atoms with Gasteiger partial charge in [-0.2, -0.15) is 36.9 Å². The van der Waals surface area contributed by atoms with Crippen molar-refractivity contribution in [3.8, 4) is 12.1 Å². The lowest BCUT2D eigenvalue weighted by Crippen LogP contribution is -2.37. The largest absolute Gasteiger partial charge is 0.417 e. The Bertz CT molecular complexity index is 956. The van der Waals surface area contributed by atoms with Crippen LogP contribution in [0.4, 0.5) is 26.3 Å². The van der Waals surface area contributed by atoms with Crippen molar-refractivity contribution in [2.24, 2.45) is 5.92 Å². The summed E-state index contributed by atoms with van der Waals surface area (Å²) >= 11 is 0. The molecule has 4 nitrogen and oxygen atoms in total. The van der Waals surface area contributed by atoms with Gasteiger partial charge in [0.1, 0.15) is 5.60 Å². The average molecular weight is 428 g/mol. The monoisotopic (exact) mass is 428 g/mol. The second-order valence-electron chi connectivity index (χ2n) is 6.59. The SMILES string of the molecule is CC(CO)C(O)(c1ccc(C#N)c(C(F)(F)F)c1)c1ccc(C#N)c(C(F)(F)F)c1. The van der Waals surface area contributed by atoms with E-state index in [1.54, 1.807) is 0 Å². The molecular formula is C20H14F6N2O2. The van der Waals surface area contributed by atoms with Gasteiger partial charge >= 0.3 is 12.4 Å². The first kappa shape index (κ1) is 23.2. The van der Waals surface area contributed by atoms with Crippen LogP contribution in [0, 0.1) is 28.6 Å². The Morgan fingerprint density at radius 3 is 1.47 bits per heavy atom. The van der Waals surface area contributed by atoms with Gasteiger partial charge in [0.25, 0.3) is 0 Å². The molecule has 2 aromatic carbocycles. The normalized spacial score (nSPS) is 13.4. The van der Waals surface area contributed by atoms with E-state index in [-0.39, 0.29) is 0 Å². The highest BCUT2D eigenvalue weighted by Crippen LogP contribution is 2.42. The highest BCUT2D eigenvalue weighted by molar-refractivity contribution is 5.50. The van der Waals surface area contributed by atoms with Crippen LogP contribution in [0.1, 0.15) is 40.3 Å². The molecule has 0 heterocycles. The Labute approximate surface area is 167 Å². The molecule has 0 fully saturated rings. The van der Waals surface area contributed by atoms with E-state index in [0.29, 0.717) is 12.1 Å². The van der Waals surface area contributed by atoms with Crippen molar-refractivity contribution in [2.75, 3.05) is 6.61 Å². The van der Waals surface area contributed by atoms with Gasteiger partial charge < -0.3 is 10.2 Å². The van der Waals surface area contributed by atoms with Gasteiger partial charge in [0, 0.05) is 12.5 Å². The molecule has 0 radical (unpaired) electrons. The molecule has 30 heavy (non-hydrogen) atoms. The number of nitrogens with zero attached hydrogens (tertiary/aromatic N) is 2. The van der Waals surface area contributed by atoms with Crippen LogP contribution in [-0.4, -0.2) is 16.8 Å². The van der Waals surface area contributed by atoms with Crippen molar-refractivity contribution in [3.63, 3.8) is 0 Å². The Balaban J connectivity index is 2.85. The van der Waals surface area contributed by atoms with Crippen LogP contribution in [0.3, 0.4) is 0 Å². The van der Waals surface area contributed by atoms with E-state index in [1.165, 1.54) is 19.1 Å². The number of hydrogen-bond donors (Lipinski definition) is 2. The fraction of sp³-hybridized carbons (Fsp3) is 0.300. The minimum Gasteiger partial charge on any atom is -0.396 e. The van der Waals surface area contributed by atoms with Gasteiger partial charge in [0.2, 0.25) is 0 Å². The standard InChI is InChI=1S/C20H14F6N2O2/c1-11(10-29)18(30,14-4-2-12(8-27)16(6-14)19(21,22)23)15-5-3-13(9-28)17(7-15)20(24,25)26/h2-7,11,29-30H,10H2,1H3. The minimum absolute atomic E-state index is 0.465.